The van der Waals surface area contributed by atoms with Crippen molar-refractivity contribution in [2.24, 2.45) is 18.9 Å². The second kappa shape index (κ2) is 9.29. The second-order valence-corrected chi connectivity index (χ2v) is 9.85. The number of para-hydroxylation sites is 1. The molecule has 0 bridgehead atoms. The fraction of sp³-hybridized carbons (Fsp3) is 0.560. The molecule has 0 saturated carbocycles. The van der Waals surface area contributed by atoms with Crippen molar-refractivity contribution in [3.8, 4) is 5.75 Å². The van der Waals surface area contributed by atoms with E-state index >= 15 is 0 Å². The van der Waals surface area contributed by atoms with Gasteiger partial charge in [0.2, 0.25) is 5.95 Å². The molecule has 2 fully saturated rings. The molecule has 2 unspecified atom stereocenters. The maximum atomic E-state index is 13.7. The Hall–Kier alpha value is -3.07. The van der Waals surface area contributed by atoms with Gasteiger partial charge in [-0.05, 0) is 36.8 Å². The van der Waals surface area contributed by atoms with Gasteiger partial charge in [-0.1, -0.05) is 32.0 Å². The van der Waals surface area contributed by atoms with Gasteiger partial charge in [-0.3, -0.25) is 13.9 Å². The lowest BCUT2D eigenvalue weighted by molar-refractivity contribution is 0.292. The first-order chi connectivity index (χ1) is 16.5. The third-order valence-electron chi connectivity index (χ3n) is 7.17. The quantitative estimate of drug-likeness (QED) is 0.545. The Kier molecular flexibility index (Phi) is 6.20. The smallest absolute Gasteiger partial charge is 0.332 e. The van der Waals surface area contributed by atoms with E-state index in [2.05, 4.69) is 28.6 Å². The molecule has 0 amide bonds. The minimum atomic E-state index is -0.365. The number of fused-ring (bicyclic) bond motifs is 2. The first-order valence-electron chi connectivity index (χ1n) is 12.3. The number of aryl methyl sites for hydroxylation is 2. The molecule has 2 aromatic heterocycles. The van der Waals surface area contributed by atoms with Gasteiger partial charge in [-0.25, -0.2) is 4.79 Å². The number of benzene rings is 1. The van der Waals surface area contributed by atoms with E-state index in [9.17, 15) is 9.59 Å². The van der Waals surface area contributed by atoms with Crippen LogP contribution in [0.15, 0.2) is 39.9 Å². The van der Waals surface area contributed by atoms with Crippen molar-refractivity contribution in [3.05, 3.63) is 51.2 Å². The number of rotatable bonds is 8. The summed E-state index contributed by atoms with van der Waals surface area (Å²) in [6.45, 7) is 8.35. The summed E-state index contributed by atoms with van der Waals surface area (Å²) in [5.41, 5.74) is 0.309. The minimum absolute atomic E-state index is 0.180. The molecule has 1 N–H and O–H groups in total. The Morgan fingerprint density at radius 3 is 2.68 bits per heavy atom. The molecule has 2 saturated heterocycles. The Morgan fingerprint density at radius 2 is 1.91 bits per heavy atom. The zero-order valence-electron chi connectivity index (χ0n) is 20.2. The highest BCUT2D eigenvalue weighted by Crippen LogP contribution is 2.33. The van der Waals surface area contributed by atoms with Crippen LogP contribution in [0.2, 0.25) is 0 Å². The number of ether oxygens (including phenoxy) is 1. The predicted octanol–water partition coefficient (Wildman–Crippen LogP) is 1.82. The molecule has 34 heavy (non-hydrogen) atoms. The number of hydrogen-bond donors (Lipinski definition) is 1. The van der Waals surface area contributed by atoms with Crippen LogP contribution in [0.1, 0.15) is 26.7 Å². The van der Waals surface area contributed by atoms with Crippen molar-refractivity contribution < 1.29 is 4.74 Å². The fourth-order valence-electron chi connectivity index (χ4n) is 5.24. The van der Waals surface area contributed by atoms with Crippen LogP contribution in [-0.2, 0) is 20.1 Å². The van der Waals surface area contributed by atoms with Gasteiger partial charge in [-0.15, -0.1) is 0 Å². The van der Waals surface area contributed by atoms with Crippen molar-refractivity contribution in [1.29, 1.82) is 0 Å². The van der Waals surface area contributed by atoms with E-state index in [4.69, 9.17) is 9.72 Å². The molecule has 182 valence electrons. The summed E-state index contributed by atoms with van der Waals surface area (Å²) >= 11 is 0. The predicted molar refractivity (Wildman–Crippen MR) is 133 cm³/mol. The highest BCUT2D eigenvalue weighted by atomic mass is 16.5. The normalized spacial score (nSPS) is 19.9. The first-order valence-corrected chi connectivity index (χ1v) is 12.3. The van der Waals surface area contributed by atoms with E-state index in [-0.39, 0.29) is 24.4 Å². The van der Waals surface area contributed by atoms with E-state index in [0.29, 0.717) is 41.3 Å². The van der Waals surface area contributed by atoms with Gasteiger partial charge in [0.15, 0.2) is 11.2 Å². The van der Waals surface area contributed by atoms with Crippen LogP contribution < -0.4 is 26.2 Å². The van der Waals surface area contributed by atoms with Gasteiger partial charge in [0.05, 0.1) is 6.54 Å². The maximum Gasteiger partial charge on any atom is 0.332 e. The Balaban J connectivity index is 1.55. The third kappa shape index (κ3) is 4.02. The van der Waals surface area contributed by atoms with Gasteiger partial charge < -0.3 is 19.5 Å². The van der Waals surface area contributed by atoms with Gasteiger partial charge in [0, 0.05) is 39.3 Å². The molecule has 4 heterocycles. The van der Waals surface area contributed by atoms with Gasteiger partial charge in [0.1, 0.15) is 12.4 Å². The first kappa shape index (κ1) is 22.7. The molecular formula is C25H34N6O3. The molecule has 3 aromatic rings. The summed E-state index contributed by atoms with van der Waals surface area (Å²) in [4.78, 5) is 34.0. The largest absolute Gasteiger partial charge is 0.492 e. The van der Waals surface area contributed by atoms with Gasteiger partial charge >= 0.3 is 5.69 Å². The highest BCUT2D eigenvalue weighted by Gasteiger charge is 2.40. The Morgan fingerprint density at radius 1 is 1.12 bits per heavy atom. The van der Waals surface area contributed by atoms with Crippen LogP contribution >= 0.6 is 0 Å². The fourth-order valence-corrected chi connectivity index (χ4v) is 5.24. The van der Waals surface area contributed by atoms with Crippen LogP contribution in [0.4, 0.5) is 5.95 Å². The van der Waals surface area contributed by atoms with E-state index in [0.717, 1.165) is 38.4 Å². The van der Waals surface area contributed by atoms with Crippen LogP contribution in [0.25, 0.3) is 11.2 Å². The number of nitrogens with zero attached hydrogens (tertiary/aromatic N) is 5. The average molecular weight is 467 g/mol. The van der Waals surface area contributed by atoms with Crippen molar-refractivity contribution in [1.82, 2.24) is 24.0 Å². The number of hydrogen-bond acceptors (Lipinski definition) is 6. The lowest BCUT2D eigenvalue weighted by Gasteiger charge is -2.25. The highest BCUT2D eigenvalue weighted by molar-refractivity contribution is 5.75. The minimum Gasteiger partial charge on any atom is -0.492 e. The molecule has 0 aliphatic carbocycles. The zero-order chi connectivity index (χ0) is 23.8. The van der Waals surface area contributed by atoms with Gasteiger partial charge in [-0.2, -0.15) is 4.98 Å². The molecule has 5 rings (SSSR count). The number of nitrogens with one attached hydrogen (secondary N) is 1. The molecule has 2 atom stereocenters. The van der Waals surface area contributed by atoms with Crippen molar-refractivity contribution in [2.45, 2.75) is 45.8 Å². The number of aromatic nitrogens is 4. The summed E-state index contributed by atoms with van der Waals surface area (Å²) in [5, 5.41) is 3.49. The SMILES string of the molecule is CC(C)CCn1c(N2CCC3CNCC32)nc2c1c(=O)n(CCOc1ccccc1)c(=O)n2C. The Labute approximate surface area is 199 Å². The summed E-state index contributed by atoms with van der Waals surface area (Å²) < 4.78 is 10.6. The maximum absolute atomic E-state index is 13.7. The summed E-state index contributed by atoms with van der Waals surface area (Å²) in [6, 6.07) is 9.81. The standard InChI is InChI=1S/C25H34N6O3/c1-17(2)9-11-30-21-22(27-24(30)29-12-10-18-15-26-16-20(18)29)28(3)25(33)31(23(21)32)13-14-34-19-7-5-4-6-8-19/h4-8,17-18,20,26H,9-16H2,1-3H3. The second-order valence-electron chi connectivity index (χ2n) is 9.85. The van der Waals surface area contributed by atoms with Crippen LogP contribution in [0.3, 0.4) is 0 Å². The number of imidazole rings is 1. The lowest BCUT2D eigenvalue weighted by atomic mass is 10.1. The van der Waals surface area contributed by atoms with E-state index in [1.165, 1.54) is 9.13 Å². The number of anilines is 1. The van der Waals surface area contributed by atoms with Crippen LogP contribution in [-0.4, -0.2) is 51.0 Å². The monoisotopic (exact) mass is 466 g/mol. The molecule has 1 aromatic carbocycles. The molecule has 9 nitrogen and oxygen atoms in total. The average Bonchev–Trinajstić information content (AvgIpc) is 3.53. The molecule has 0 spiro atoms. The van der Waals surface area contributed by atoms with Crippen molar-refractivity contribution in [3.63, 3.8) is 0 Å². The molecular weight excluding hydrogens is 432 g/mol. The molecule has 2 aliphatic rings. The van der Waals surface area contributed by atoms with E-state index in [1.54, 1.807) is 7.05 Å². The van der Waals surface area contributed by atoms with E-state index in [1.807, 2.05) is 30.3 Å². The van der Waals surface area contributed by atoms with Crippen LogP contribution in [0.5, 0.6) is 5.75 Å². The Bertz CT molecular complexity index is 1280. The zero-order valence-corrected chi connectivity index (χ0v) is 20.2. The third-order valence-corrected chi connectivity index (χ3v) is 7.17. The van der Waals surface area contributed by atoms with E-state index < -0.39 is 0 Å². The van der Waals surface area contributed by atoms with Crippen molar-refractivity contribution >= 4 is 17.1 Å². The van der Waals surface area contributed by atoms with Crippen LogP contribution in [0, 0.1) is 11.8 Å². The van der Waals surface area contributed by atoms with Gasteiger partial charge in [0.25, 0.3) is 5.56 Å². The molecule has 0 radical (unpaired) electrons. The lowest BCUT2D eigenvalue weighted by Crippen LogP contribution is -2.41. The summed E-state index contributed by atoms with van der Waals surface area (Å²) in [7, 11) is 1.70. The van der Waals surface area contributed by atoms with Crippen molar-refractivity contribution in [2.75, 3.05) is 31.1 Å². The summed E-state index contributed by atoms with van der Waals surface area (Å²) in [6.07, 6.45) is 2.04. The molecule has 9 heteroatoms. The summed E-state index contributed by atoms with van der Waals surface area (Å²) in [5.74, 6) is 2.62. The topological polar surface area (TPSA) is 86.3 Å². The molecule has 2 aliphatic heterocycles.